The second-order valence-corrected chi connectivity index (χ2v) is 5.90. The fraction of sp³-hybridized carbons (Fsp3) is 0.312. The SMILES string of the molecule is Cc1cc(C(=O)N[C@@H]2C[C@@H]3C(=O)Nc4ccccc4N3C2)no1. The average Bonchev–Trinajstić information content (AvgIpc) is 3.14. The molecule has 2 N–H and O–H groups in total. The van der Waals surface area contributed by atoms with Gasteiger partial charge in [0.15, 0.2) is 5.69 Å². The third-order valence-corrected chi connectivity index (χ3v) is 4.27. The largest absolute Gasteiger partial charge is 0.361 e. The van der Waals surface area contributed by atoms with Gasteiger partial charge in [0.05, 0.1) is 11.4 Å². The lowest BCUT2D eigenvalue weighted by atomic mass is 10.1. The Morgan fingerprint density at radius 2 is 2.26 bits per heavy atom. The van der Waals surface area contributed by atoms with E-state index in [0.717, 1.165) is 11.4 Å². The quantitative estimate of drug-likeness (QED) is 0.873. The van der Waals surface area contributed by atoms with Crippen LogP contribution in [0.4, 0.5) is 11.4 Å². The van der Waals surface area contributed by atoms with Crippen LogP contribution in [0.2, 0.25) is 0 Å². The van der Waals surface area contributed by atoms with Crippen LogP contribution < -0.4 is 15.5 Å². The summed E-state index contributed by atoms with van der Waals surface area (Å²) in [5.41, 5.74) is 2.07. The molecule has 2 aliphatic heterocycles. The molecule has 4 rings (SSSR count). The highest BCUT2D eigenvalue weighted by molar-refractivity contribution is 6.04. The van der Waals surface area contributed by atoms with Crippen LogP contribution in [0, 0.1) is 6.92 Å². The van der Waals surface area contributed by atoms with Crippen molar-refractivity contribution < 1.29 is 14.1 Å². The molecular weight excluding hydrogens is 296 g/mol. The van der Waals surface area contributed by atoms with Crippen molar-refractivity contribution in [2.24, 2.45) is 0 Å². The van der Waals surface area contributed by atoms with E-state index in [2.05, 4.69) is 15.8 Å². The second-order valence-electron chi connectivity index (χ2n) is 5.90. The summed E-state index contributed by atoms with van der Waals surface area (Å²) < 4.78 is 4.92. The molecule has 0 bridgehead atoms. The molecule has 7 nitrogen and oxygen atoms in total. The molecule has 2 atom stereocenters. The van der Waals surface area contributed by atoms with E-state index < -0.39 is 0 Å². The van der Waals surface area contributed by atoms with Gasteiger partial charge in [-0.15, -0.1) is 0 Å². The topological polar surface area (TPSA) is 87.5 Å². The van der Waals surface area contributed by atoms with Gasteiger partial charge >= 0.3 is 0 Å². The molecule has 1 aromatic heterocycles. The van der Waals surface area contributed by atoms with Crippen molar-refractivity contribution in [3.8, 4) is 0 Å². The van der Waals surface area contributed by atoms with E-state index in [1.807, 2.05) is 29.2 Å². The molecule has 2 aliphatic rings. The zero-order chi connectivity index (χ0) is 16.0. The number of carbonyl (C=O) groups is 2. The van der Waals surface area contributed by atoms with Crippen LogP contribution in [0.15, 0.2) is 34.9 Å². The van der Waals surface area contributed by atoms with E-state index in [9.17, 15) is 9.59 Å². The van der Waals surface area contributed by atoms with Crippen LogP contribution in [-0.2, 0) is 4.79 Å². The predicted octanol–water partition coefficient (Wildman–Crippen LogP) is 1.31. The fourth-order valence-electron chi connectivity index (χ4n) is 3.23. The predicted molar refractivity (Wildman–Crippen MR) is 83.3 cm³/mol. The number of nitrogens with zero attached hydrogens (tertiary/aromatic N) is 2. The van der Waals surface area contributed by atoms with Gasteiger partial charge in [-0.25, -0.2) is 0 Å². The zero-order valence-electron chi connectivity index (χ0n) is 12.6. The van der Waals surface area contributed by atoms with Gasteiger partial charge in [-0.2, -0.15) is 0 Å². The maximum Gasteiger partial charge on any atom is 0.273 e. The highest BCUT2D eigenvalue weighted by Crippen LogP contribution is 2.36. The van der Waals surface area contributed by atoms with E-state index in [0.29, 0.717) is 18.7 Å². The highest BCUT2D eigenvalue weighted by Gasteiger charge is 2.41. The first-order valence-corrected chi connectivity index (χ1v) is 7.52. The van der Waals surface area contributed by atoms with E-state index in [4.69, 9.17) is 4.52 Å². The molecular formula is C16H16N4O3. The number of hydrogen-bond acceptors (Lipinski definition) is 5. The molecule has 2 amide bonds. The van der Waals surface area contributed by atoms with Crippen LogP contribution >= 0.6 is 0 Å². The lowest BCUT2D eigenvalue weighted by Crippen LogP contribution is -2.44. The molecule has 0 unspecified atom stereocenters. The first kappa shape index (κ1) is 13.8. The van der Waals surface area contributed by atoms with Crippen molar-refractivity contribution in [3.63, 3.8) is 0 Å². The number of rotatable bonds is 2. The van der Waals surface area contributed by atoms with E-state index in [1.54, 1.807) is 13.0 Å². The lowest BCUT2D eigenvalue weighted by molar-refractivity contribution is -0.117. The van der Waals surface area contributed by atoms with Gasteiger partial charge in [0.25, 0.3) is 5.91 Å². The Morgan fingerprint density at radius 1 is 1.43 bits per heavy atom. The minimum atomic E-state index is -0.277. The fourth-order valence-corrected chi connectivity index (χ4v) is 3.23. The molecule has 0 saturated carbocycles. The standard InChI is InChI=1S/C16H16N4O3/c1-9-6-12(19-23-9)15(21)17-10-7-14-16(22)18-11-4-2-3-5-13(11)20(14)8-10/h2-6,10,14H,7-8H2,1H3,(H,17,21)(H,18,22)/t10-,14-/m1/s1. The van der Waals surface area contributed by atoms with Crippen LogP contribution in [0.3, 0.4) is 0 Å². The number of amides is 2. The Morgan fingerprint density at radius 3 is 3.04 bits per heavy atom. The summed E-state index contributed by atoms with van der Waals surface area (Å²) in [5, 5.41) is 9.57. The number of benzene rings is 1. The maximum absolute atomic E-state index is 12.3. The number of aromatic nitrogens is 1. The average molecular weight is 312 g/mol. The molecule has 118 valence electrons. The Hall–Kier alpha value is -2.83. The number of fused-ring (bicyclic) bond motifs is 3. The van der Waals surface area contributed by atoms with Crippen LogP contribution in [0.25, 0.3) is 0 Å². The molecule has 3 heterocycles. The van der Waals surface area contributed by atoms with Gasteiger partial charge in [-0.05, 0) is 25.5 Å². The Bertz CT molecular complexity index is 785. The monoisotopic (exact) mass is 312 g/mol. The van der Waals surface area contributed by atoms with Gasteiger partial charge in [0.2, 0.25) is 5.91 Å². The smallest absolute Gasteiger partial charge is 0.273 e. The molecule has 2 aromatic rings. The van der Waals surface area contributed by atoms with Crippen molar-refractivity contribution in [2.75, 3.05) is 16.8 Å². The summed E-state index contributed by atoms with van der Waals surface area (Å²) in [6.07, 6.45) is 0.572. The van der Waals surface area contributed by atoms with Crippen LogP contribution in [0.1, 0.15) is 22.7 Å². The number of aryl methyl sites for hydroxylation is 1. The Labute approximate surface area is 132 Å². The number of carbonyl (C=O) groups excluding carboxylic acids is 2. The van der Waals surface area contributed by atoms with Gasteiger partial charge in [0.1, 0.15) is 11.8 Å². The highest BCUT2D eigenvalue weighted by atomic mass is 16.5. The molecule has 23 heavy (non-hydrogen) atoms. The third-order valence-electron chi connectivity index (χ3n) is 4.27. The summed E-state index contributed by atoms with van der Waals surface area (Å²) in [6.45, 7) is 2.33. The van der Waals surface area contributed by atoms with E-state index in [-0.39, 0.29) is 29.6 Å². The minimum Gasteiger partial charge on any atom is -0.361 e. The van der Waals surface area contributed by atoms with Crippen molar-refractivity contribution in [1.29, 1.82) is 0 Å². The number of anilines is 2. The number of hydrogen-bond donors (Lipinski definition) is 2. The van der Waals surface area contributed by atoms with Gasteiger partial charge in [0, 0.05) is 18.7 Å². The van der Waals surface area contributed by atoms with E-state index in [1.165, 1.54) is 0 Å². The molecule has 1 fully saturated rings. The molecule has 0 radical (unpaired) electrons. The second kappa shape index (κ2) is 5.12. The normalized spacial score (nSPS) is 22.3. The molecule has 1 saturated heterocycles. The molecule has 7 heteroatoms. The van der Waals surface area contributed by atoms with Crippen molar-refractivity contribution in [3.05, 3.63) is 41.8 Å². The Kier molecular flexibility index (Phi) is 3.07. The van der Waals surface area contributed by atoms with Gasteiger partial charge in [-0.3, -0.25) is 9.59 Å². The first-order chi connectivity index (χ1) is 11.1. The zero-order valence-corrected chi connectivity index (χ0v) is 12.6. The minimum absolute atomic E-state index is 0.0299. The lowest BCUT2D eigenvalue weighted by Gasteiger charge is -2.32. The summed E-state index contributed by atoms with van der Waals surface area (Å²) >= 11 is 0. The summed E-state index contributed by atoms with van der Waals surface area (Å²) in [5.74, 6) is 0.283. The number of para-hydroxylation sites is 2. The third kappa shape index (κ3) is 2.34. The summed E-state index contributed by atoms with van der Waals surface area (Å²) in [7, 11) is 0. The van der Waals surface area contributed by atoms with Crippen LogP contribution in [-0.4, -0.2) is 35.6 Å². The maximum atomic E-state index is 12.3. The van der Waals surface area contributed by atoms with E-state index >= 15 is 0 Å². The first-order valence-electron chi connectivity index (χ1n) is 7.52. The van der Waals surface area contributed by atoms with Gasteiger partial charge in [-0.1, -0.05) is 17.3 Å². The molecule has 0 spiro atoms. The van der Waals surface area contributed by atoms with Gasteiger partial charge < -0.3 is 20.1 Å². The summed E-state index contributed by atoms with van der Waals surface area (Å²) in [4.78, 5) is 26.5. The summed E-state index contributed by atoms with van der Waals surface area (Å²) in [6, 6.07) is 8.93. The van der Waals surface area contributed by atoms with Crippen molar-refractivity contribution >= 4 is 23.2 Å². The Balaban J connectivity index is 1.52. The van der Waals surface area contributed by atoms with Crippen molar-refractivity contribution in [1.82, 2.24) is 10.5 Å². The molecule has 0 aliphatic carbocycles. The molecule has 1 aromatic carbocycles. The van der Waals surface area contributed by atoms with Crippen LogP contribution in [0.5, 0.6) is 0 Å². The number of nitrogens with one attached hydrogen (secondary N) is 2. The van der Waals surface area contributed by atoms with Crippen molar-refractivity contribution in [2.45, 2.75) is 25.4 Å².